The number of ether oxygens (including phenoxy) is 2. The van der Waals surface area contributed by atoms with Gasteiger partial charge in [0.25, 0.3) is 6.43 Å². The Labute approximate surface area is 114 Å². The van der Waals surface area contributed by atoms with Crippen LogP contribution in [0.5, 0.6) is 17.4 Å². The summed E-state index contributed by atoms with van der Waals surface area (Å²) in [6.45, 7) is 0. The molecule has 1 N–H and O–H groups in total. The lowest BCUT2D eigenvalue weighted by Crippen LogP contribution is -1.97. The molecule has 0 saturated heterocycles. The number of hydrogen-bond acceptors (Lipinski definition) is 5. The molecule has 2 aromatic rings. The molecule has 5 nitrogen and oxygen atoms in total. The predicted octanol–water partition coefficient (Wildman–Crippen LogP) is 3.26. The van der Waals surface area contributed by atoms with Gasteiger partial charge >= 0.3 is 0 Å². The quantitative estimate of drug-likeness (QED) is 0.911. The molecule has 1 aromatic heterocycles. The molecule has 2 rings (SSSR count). The third-order valence-electron chi connectivity index (χ3n) is 2.52. The van der Waals surface area contributed by atoms with Crippen LogP contribution in [0.3, 0.4) is 0 Å². The van der Waals surface area contributed by atoms with Gasteiger partial charge in [0.05, 0.1) is 19.5 Å². The normalized spacial score (nSPS) is 10.4. The molecule has 0 aliphatic carbocycles. The van der Waals surface area contributed by atoms with Crippen LogP contribution in [-0.2, 0) is 0 Å². The Bertz CT molecular complexity index is 594. The Morgan fingerprint density at radius 1 is 1.20 bits per heavy atom. The lowest BCUT2D eigenvalue weighted by molar-refractivity contribution is 0.151. The first-order chi connectivity index (χ1) is 9.63. The van der Waals surface area contributed by atoms with Gasteiger partial charge in [-0.15, -0.1) is 0 Å². The van der Waals surface area contributed by atoms with Crippen LogP contribution in [0.25, 0.3) is 0 Å². The summed E-state index contributed by atoms with van der Waals surface area (Å²) in [5.41, 5.74) is -0.135. The minimum atomic E-state index is -2.56. The van der Waals surface area contributed by atoms with E-state index in [2.05, 4.69) is 15.3 Å². The summed E-state index contributed by atoms with van der Waals surface area (Å²) in [5.74, 6) is 1.27. The number of nitrogens with zero attached hydrogens (tertiary/aromatic N) is 2. The largest absolute Gasteiger partial charge is 0.493 e. The summed E-state index contributed by atoms with van der Waals surface area (Å²) in [6.07, 6.45) is 0.385. The van der Waals surface area contributed by atoms with E-state index in [-0.39, 0.29) is 17.2 Å². The number of methoxy groups -OCH3 is 1. The lowest BCUT2D eigenvalue weighted by atomic mass is 10.2. The van der Waals surface area contributed by atoms with Gasteiger partial charge in [-0.1, -0.05) is 0 Å². The van der Waals surface area contributed by atoms with Gasteiger partial charge in [0, 0.05) is 12.6 Å². The van der Waals surface area contributed by atoms with Crippen LogP contribution >= 0.6 is 0 Å². The summed E-state index contributed by atoms with van der Waals surface area (Å²) in [7, 11) is 3.08. The first-order valence-corrected chi connectivity index (χ1v) is 5.77. The van der Waals surface area contributed by atoms with E-state index in [4.69, 9.17) is 9.47 Å². The van der Waals surface area contributed by atoms with E-state index in [0.717, 1.165) is 0 Å². The molecule has 1 aromatic carbocycles. The molecule has 0 atom stereocenters. The van der Waals surface area contributed by atoms with E-state index in [1.54, 1.807) is 7.05 Å². The maximum atomic E-state index is 12.6. The zero-order valence-corrected chi connectivity index (χ0v) is 10.9. The highest BCUT2D eigenvalue weighted by molar-refractivity contribution is 5.45. The number of hydrogen-bond donors (Lipinski definition) is 1. The van der Waals surface area contributed by atoms with E-state index in [9.17, 15) is 8.78 Å². The van der Waals surface area contributed by atoms with Crippen LogP contribution < -0.4 is 14.8 Å². The standard InChI is InChI=1S/C13H13F2N3O2/c1-16-11-6-17-7-12(18-11)20-9-4-3-8(13(14)15)5-10(9)19-2/h3-7,13H,1-2H3,(H,16,18). The molecule has 20 heavy (non-hydrogen) atoms. The fourth-order valence-electron chi connectivity index (χ4n) is 1.53. The number of anilines is 1. The average Bonchev–Trinajstić information content (AvgIpc) is 2.47. The first kappa shape index (κ1) is 14.0. The molecule has 0 spiro atoms. The summed E-state index contributed by atoms with van der Waals surface area (Å²) in [4.78, 5) is 8.06. The van der Waals surface area contributed by atoms with Gasteiger partial charge in [-0.25, -0.2) is 8.78 Å². The van der Waals surface area contributed by atoms with Gasteiger partial charge in [0.1, 0.15) is 5.82 Å². The second-order valence-electron chi connectivity index (χ2n) is 3.81. The molecule has 1 heterocycles. The van der Waals surface area contributed by atoms with E-state index >= 15 is 0 Å². The number of alkyl halides is 2. The van der Waals surface area contributed by atoms with Crippen LogP contribution in [0.1, 0.15) is 12.0 Å². The van der Waals surface area contributed by atoms with Crippen LogP contribution in [0, 0.1) is 0 Å². The Balaban J connectivity index is 2.28. The van der Waals surface area contributed by atoms with E-state index in [0.29, 0.717) is 11.6 Å². The third-order valence-corrected chi connectivity index (χ3v) is 2.52. The smallest absolute Gasteiger partial charge is 0.263 e. The maximum Gasteiger partial charge on any atom is 0.263 e. The monoisotopic (exact) mass is 281 g/mol. The van der Waals surface area contributed by atoms with Crippen LogP contribution in [-0.4, -0.2) is 24.1 Å². The minimum Gasteiger partial charge on any atom is -0.493 e. The Morgan fingerprint density at radius 3 is 2.65 bits per heavy atom. The van der Waals surface area contributed by atoms with Crippen molar-refractivity contribution in [1.82, 2.24) is 9.97 Å². The number of nitrogens with one attached hydrogen (secondary N) is 1. The van der Waals surface area contributed by atoms with Gasteiger partial charge < -0.3 is 14.8 Å². The summed E-state index contributed by atoms with van der Waals surface area (Å²) < 4.78 is 35.8. The molecular weight excluding hydrogens is 268 g/mol. The molecule has 0 fully saturated rings. The van der Waals surface area contributed by atoms with Gasteiger partial charge in [-0.2, -0.15) is 4.98 Å². The van der Waals surface area contributed by atoms with Crippen molar-refractivity contribution in [3.05, 3.63) is 36.2 Å². The van der Waals surface area contributed by atoms with Gasteiger partial charge in [0.2, 0.25) is 5.88 Å². The zero-order chi connectivity index (χ0) is 14.5. The van der Waals surface area contributed by atoms with Gasteiger partial charge in [0.15, 0.2) is 11.5 Å². The van der Waals surface area contributed by atoms with Gasteiger partial charge in [-0.3, -0.25) is 4.98 Å². The highest BCUT2D eigenvalue weighted by Gasteiger charge is 2.13. The molecule has 0 aliphatic rings. The number of rotatable bonds is 5. The number of halogens is 2. The first-order valence-electron chi connectivity index (χ1n) is 5.77. The fourth-order valence-corrected chi connectivity index (χ4v) is 1.53. The van der Waals surface area contributed by atoms with Crippen molar-refractivity contribution >= 4 is 5.82 Å². The summed E-state index contributed by atoms with van der Waals surface area (Å²) in [6, 6.07) is 3.92. The molecule has 0 aliphatic heterocycles. The topological polar surface area (TPSA) is 56.3 Å². The number of benzene rings is 1. The molecule has 0 radical (unpaired) electrons. The summed E-state index contributed by atoms with van der Waals surface area (Å²) in [5, 5.41) is 2.82. The summed E-state index contributed by atoms with van der Waals surface area (Å²) >= 11 is 0. The van der Waals surface area contributed by atoms with Crippen molar-refractivity contribution in [2.45, 2.75) is 6.43 Å². The van der Waals surface area contributed by atoms with Gasteiger partial charge in [-0.05, 0) is 18.2 Å². The fraction of sp³-hybridized carbons (Fsp3) is 0.231. The Hall–Kier alpha value is -2.44. The van der Waals surface area contributed by atoms with Crippen molar-refractivity contribution in [3.63, 3.8) is 0 Å². The van der Waals surface area contributed by atoms with E-state index in [1.807, 2.05) is 0 Å². The third kappa shape index (κ3) is 3.11. The molecule has 0 saturated carbocycles. The Kier molecular flexibility index (Phi) is 4.29. The lowest BCUT2D eigenvalue weighted by Gasteiger charge is -2.11. The maximum absolute atomic E-state index is 12.6. The van der Waals surface area contributed by atoms with Crippen LogP contribution in [0.15, 0.2) is 30.6 Å². The van der Waals surface area contributed by atoms with Crippen molar-refractivity contribution in [2.75, 3.05) is 19.5 Å². The molecular formula is C13H13F2N3O2. The highest BCUT2D eigenvalue weighted by atomic mass is 19.3. The van der Waals surface area contributed by atoms with Crippen molar-refractivity contribution < 1.29 is 18.3 Å². The highest BCUT2D eigenvalue weighted by Crippen LogP contribution is 2.34. The SMILES string of the molecule is CNc1cncc(Oc2ccc(C(F)F)cc2OC)n1. The van der Waals surface area contributed by atoms with Crippen LogP contribution in [0.4, 0.5) is 14.6 Å². The average molecular weight is 281 g/mol. The Morgan fingerprint density at radius 2 is 2.00 bits per heavy atom. The zero-order valence-electron chi connectivity index (χ0n) is 10.9. The molecule has 7 heteroatoms. The number of aromatic nitrogens is 2. The van der Waals surface area contributed by atoms with Crippen molar-refractivity contribution in [1.29, 1.82) is 0 Å². The van der Waals surface area contributed by atoms with Crippen LogP contribution in [0.2, 0.25) is 0 Å². The molecule has 0 unspecified atom stereocenters. The van der Waals surface area contributed by atoms with Crippen molar-refractivity contribution in [2.24, 2.45) is 0 Å². The second-order valence-corrected chi connectivity index (χ2v) is 3.81. The molecule has 106 valence electrons. The van der Waals surface area contributed by atoms with Crippen molar-refractivity contribution in [3.8, 4) is 17.4 Å². The predicted molar refractivity (Wildman–Crippen MR) is 69.6 cm³/mol. The van der Waals surface area contributed by atoms with E-state index in [1.165, 1.54) is 37.7 Å². The minimum absolute atomic E-state index is 0.135. The second kappa shape index (κ2) is 6.14. The van der Waals surface area contributed by atoms with E-state index < -0.39 is 6.43 Å². The molecule has 0 bridgehead atoms. The molecule has 0 amide bonds.